The fourth-order valence-electron chi connectivity index (χ4n) is 0.548. The Bertz CT molecular complexity index is 127. The Balaban J connectivity index is 3.94. The Morgan fingerprint density at radius 3 is 2.60 bits per heavy atom. The lowest BCUT2D eigenvalue weighted by Crippen LogP contribution is -2.22. The van der Waals surface area contributed by atoms with Crippen LogP contribution in [0.1, 0.15) is 6.92 Å². The first kappa shape index (κ1) is 9.17. The number of aliphatic hydroxyl groups is 1. The zero-order valence-electron chi connectivity index (χ0n) is 6.35. The summed E-state index contributed by atoms with van der Waals surface area (Å²) in [6, 6.07) is 0. The van der Waals surface area contributed by atoms with Gasteiger partial charge in [-0.3, -0.25) is 4.79 Å². The molecule has 0 aliphatic rings. The Labute approximate surface area is 60.7 Å². The van der Waals surface area contributed by atoms with Crippen LogP contribution in [0.3, 0.4) is 0 Å². The molecule has 0 aliphatic carbocycles. The molecule has 0 saturated heterocycles. The quantitative estimate of drug-likeness (QED) is 0.578. The van der Waals surface area contributed by atoms with Crippen molar-refractivity contribution >= 4 is 5.78 Å². The molecule has 1 atom stereocenters. The summed E-state index contributed by atoms with van der Waals surface area (Å²) in [5.74, 6) is -0.505. The maximum atomic E-state index is 10.8. The molecular weight excluding hydrogens is 130 g/mol. The van der Waals surface area contributed by atoms with E-state index >= 15 is 0 Å². The second kappa shape index (κ2) is 4.06. The molecule has 0 saturated carbocycles. The third kappa shape index (κ3) is 2.19. The molecule has 0 spiro atoms. The minimum atomic E-state index is -0.415. The maximum Gasteiger partial charge on any atom is 0.166 e. The van der Waals surface area contributed by atoms with Crippen LogP contribution in [0.2, 0.25) is 0 Å². The van der Waals surface area contributed by atoms with Crippen molar-refractivity contribution in [1.29, 1.82) is 0 Å². The van der Waals surface area contributed by atoms with Crippen molar-refractivity contribution < 1.29 is 9.90 Å². The van der Waals surface area contributed by atoms with Crippen molar-refractivity contribution in [3.8, 4) is 0 Å². The van der Waals surface area contributed by atoms with Crippen LogP contribution >= 0.6 is 0 Å². The molecule has 0 bridgehead atoms. The standard InChI is InChI=1S/C7H13NO2/c1-5(6(2)8-3)7(10)4-9/h5,8-9H,2,4H2,1,3H3. The van der Waals surface area contributed by atoms with E-state index in [9.17, 15) is 4.79 Å². The Hall–Kier alpha value is -0.830. The number of aliphatic hydroxyl groups excluding tert-OH is 1. The largest absolute Gasteiger partial charge is 0.391 e. The van der Waals surface area contributed by atoms with Gasteiger partial charge in [-0.05, 0) is 6.92 Å². The molecule has 0 amide bonds. The first-order chi connectivity index (χ1) is 4.63. The van der Waals surface area contributed by atoms with Crippen molar-refractivity contribution in [2.24, 2.45) is 5.92 Å². The smallest absolute Gasteiger partial charge is 0.166 e. The van der Waals surface area contributed by atoms with Gasteiger partial charge in [0.2, 0.25) is 0 Å². The van der Waals surface area contributed by atoms with E-state index in [0.29, 0.717) is 5.70 Å². The number of carbonyl (C=O) groups excluding carboxylic acids is 1. The van der Waals surface area contributed by atoms with E-state index < -0.39 is 6.61 Å². The van der Waals surface area contributed by atoms with Crippen molar-refractivity contribution in [1.82, 2.24) is 5.32 Å². The molecule has 0 heterocycles. The number of ketones is 1. The second-order valence-electron chi connectivity index (χ2n) is 2.12. The van der Waals surface area contributed by atoms with Gasteiger partial charge in [-0.25, -0.2) is 0 Å². The van der Waals surface area contributed by atoms with Gasteiger partial charge >= 0.3 is 0 Å². The molecule has 0 aromatic carbocycles. The van der Waals surface area contributed by atoms with Crippen LogP contribution < -0.4 is 5.32 Å². The number of hydrogen-bond donors (Lipinski definition) is 2. The van der Waals surface area contributed by atoms with Gasteiger partial charge in [-0.15, -0.1) is 0 Å². The summed E-state index contributed by atoms with van der Waals surface area (Å²) in [5, 5.41) is 11.2. The second-order valence-corrected chi connectivity index (χ2v) is 2.12. The number of rotatable bonds is 4. The highest BCUT2D eigenvalue weighted by Crippen LogP contribution is 2.04. The fraction of sp³-hybridized carbons (Fsp3) is 0.571. The number of Topliss-reactive ketones (excluding diaryl/α,β-unsaturated/α-hetero) is 1. The van der Waals surface area contributed by atoms with Crippen LogP contribution in [0.25, 0.3) is 0 Å². The van der Waals surface area contributed by atoms with E-state index in [-0.39, 0.29) is 11.7 Å². The predicted molar refractivity (Wildman–Crippen MR) is 39.5 cm³/mol. The van der Waals surface area contributed by atoms with Gasteiger partial charge in [0.05, 0.1) is 5.92 Å². The summed E-state index contributed by atoms with van der Waals surface area (Å²) in [6.45, 7) is 4.89. The first-order valence-electron chi connectivity index (χ1n) is 3.13. The molecule has 0 aromatic heterocycles. The topological polar surface area (TPSA) is 49.3 Å². The average molecular weight is 143 g/mol. The highest BCUT2D eigenvalue weighted by molar-refractivity contribution is 5.83. The minimum absolute atomic E-state index is 0.209. The maximum absolute atomic E-state index is 10.8. The molecule has 1 unspecified atom stereocenters. The lowest BCUT2D eigenvalue weighted by Gasteiger charge is -2.10. The summed E-state index contributed by atoms with van der Waals surface area (Å²) >= 11 is 0. The van der Waals surface area contributed by atoms with Crippen LogP contribution in [0.5, 0.6) is 0 Å². The van der Waals surface area contributed by atoms with Gasteiger partial charge in [0.15, 0.2) is 5.78 Å². The zero-order valence-corrected chi connectivity index (χ0v) is 6.35. The van der Waals surface area contributed by atoms with Crippen molar-refractivity contribution in [3.05, 3.63) is 12.3 Å². The summed E-state index contributed by atoms with van der Waals surface area (Å²) in [5.41, 5.74) is 0.638. The predicted octanol–water partition coefficient (Wildman–Crippen LogP) is -0.0830. The number of nitrogens with one attached hydrogen (secondary N) is 1. The normalized spacial score (nSPS) is 12.3. The lowest BCUT2D eigenvalue weighted by molar-refractivity contribution is -0.124. The third-order valence-electron chi connectivity index (χ3n) is 1.48. The Morgan fingerprint density at radius 1 is 1.80 bits per heavy atom. The van der Waals surface area contributed by atoms with Crippen LogP contribution in [-0.4, -0.2) is 24.5 Å². The molecule has 0 fully saturated rings. The molecule has 58 valence electrons. The van der Waals surface area contributed by atoms with Crippen LogP contribution in [0.15, 0.2) is 12.3 Å². The summed E-state index contributed by atoms with van der Waals surface area (Å²) in [6.07, 6.45) is 0. The van der Waals surface area contributed by atoms with Crippen molar-refractivity contribution in [3.63, 3.8) is 0 Å². The van der Waals surface area contributed by atoms with Crippen LogP contribution in [-0.2, 0) is 4.79 Å². The van der Waals surface area contributed by atoms with Crippen molar-refractivity contribution in [2.75, 3.05) is 13.7 Å². The van der Waals surface area contributed by atoms with E-state index in [2.05, 4.69) is 11.9 Å². The van der Waals surface area contributed by atoms with Gasteiger partial charge in [0.1, 0.15) is 6.61 Å². The van der Waals surface area contributed by atoms with Gasteiger partial charge in [-0.2, -0.15) is 0 Å². The summed E-state index contributed by atoms with van der Waals surface area (Å²) in [4.78, 5) is 10.8. The van der Waals surface area contributed by atoms with Crippen LogP contribution in [0, 0.1) is 5.92 Å². The molecule has 0 rings (SSSR count). The van der Waals surface area contributed by atoms with Gasteiger partial charge in [0, 0.05) is 12.7 Å². The molecule has 2 N–H and O–H groups in total. The molecular formula is C7H13NO2. The minimum Gasteiger partial charge on any atom is -0.391 e. The van der Waals surface area contributed by atoms with E-state index in [4.69, 9.17) is 5.11 Å². The molecule has 0 aromatic rings. The highest BCUT2D eigenvalue weighted by Gasteiger charge is 2.13. The van der Waals surface area contributed by atoms with Crippen LogP contribution in [0.4, 0.5) is 0 Å². The SMILES string of the molecule is C=C(NC)C(C)C(=O)CO. The average Bonchev–Trinajstić information content (AvgIpc) is 2.00. The zero-order chi connectivity index (χ0) is 8.15. The first-order valence-corrected chi connectivity index (χ1v) is 3.13. The molecule has 0 aliphatic heterocycles. The number of carbonyl (C=O) groups is 1. The van der Waals surface area contributed by atoms with Crippen molar-refractivity contribution in [2.45, 2.75) is 6.92 Å². The van der Waals surface area contributed by atoms with Gasteiger partial charge < -0.3 is 10.4 Å². The Morgan fingerprint density at radius 2 is 2.30 bits per heavy atom. The molecule has 3 heteroatoms. The number of allylic oxidation sites excluding steroid dienone is 1. The molecule has 3 nitrogen and oxygen atoms in total. The summed E-state index contributed by atoms with van der Waals surface area (Å²) in [7, 11) is 1.70. The molecule has 0 radical (unpaired) electrons. The number of hydrogen-bond acceptors (Lipinski definition) is 3. The lowest BCUT2D eigenvalue weighted by atomic mass is 10.0. The van der Waals surface area contributed by atoms with E-state index in [0.717, 1.165) is 0 Å². The monoisotopic (exact) mass is 143 g/mol. The van der Waals surface area contributed by atoms with Gasteiger partial charge in [0.25, 0.3) is 0 Å². The third-order valence-corrected chi connectivity index (χ3v) is 1.48. The van der Waals surface area contributed by atoms with E-state index in [1.807, 2.05) is 0 Å². The van der Waals surface area contributed by atoms with Gasteiger partial charge in [-0.1, -0.05) is 6.58 Å². The molecule has 10 heavy (non-hydrogen) atoms. The highest BCUT2D eigenvalue weighted by atomic mass is 16.3. The Kier molecular flexibility index (Phi) is 3.72. The summed E-state index contributed by atoms with van der Waals surface area (Å²) < 4.78 is 0. The van der Waals surface area contributed by atoms with E-state index in [1.54, 1.807) is 14.0 Å². The van der Waals surface area contributed by atoms with E-state index in [1.165, 1.54) is 0 Å². The fourth-order valence-corrected chi connectivity index (χ4v) is 0.548.